The van der Waals surface area contributed by atoms with Crippen LogP contribution in [0.4, 0.5) is 17.3 Å². The third kappa shape index (κ3) is 6.18. The molecule has 0 atom stereocenters. The van der Waals surface area contributed by atoms with E-state index in [-0.39, 0.29) is 5.91 Å². The Morgan fingerprint density at radius 1 is 1.03 bits per heavy atom. The minimum Gasteiger partial charge on any atom is -0.494 e. The Kier molecular flexibility index (Phi) is 7.52. The summed E-state index contributed by atoms with van der Waals surface area (Å²) in [5.74, 6) is 1.23. The Balaban J connectivity index is 1.49. The summed E-state index contributed by atoms with van der Waals surface area (Å²) in [5.41, 5.74) is 4.10. The fourth-order valence-corrected chi connectivity index (χ4v) is 4.45. The number of morpholine rings is 1. The van der Waals surface area contributed by atoms with Crippen LogP contribution in [0.15, 0.2) is 54.7 Å². The number of hydrogen-bond acceptors (Lipinski definition) is 8. The molecule has 3 aromatic rings. The third-order valence-corrected chi connectivity index (χ3v) is 6.64. The van der Waals surface area contributed by atoms with Crippen molar-refractivity contribution < 1.29 is 14.3 Å². The standard InChI is InChI=1S/C28H34N6O3/c1-28(2)26(35)29-10-4-14-37-23-6-3-5-20(18-23)24-9-11-30-27(33-24)32-22-7-8-25(21(17-22)19-31-28)34-12-15-36-16-13-34/h3,5-9,11,17-18,31H,4,10,12-16,19H2,1-2H3,(H,29,35)(H,30,32,33). The maximum absolute atomic E-state index is 13.0. The summed E-state index contributed by atoms with van der Waals surface area (Å²) in [4.78, 5) is 24.5. The second-order valence-corrected chi connectivity index (χ2v) is 9.80. The largest absolute Gasteiger partial charge is 0.494 e. The molecule has 3 N–H and O–H groups in total. The van der Waals surface area contributed by atoms with Gasteiger partial charge in [0.1, 0.15) is 5.75 Å². The minimum absolute atomic E-state index is 0.0426. The van der Waals surface area contributed by atoms with E-state index in [2.05, 4.69) is 38.0 Å². The van der Waals surface area contributed by atoms with Crippen molar-refractivity contribution in [3.8, 4) is 17.0 Å². The van der Waals surface area contributed by atoms with Crippen LogP contribution in [0.2, 0.25) is 0 Å². The number of rotatable bonds is 1. The first kappa shape index (κ1) is 25.0. The van der Waals surface area contributed by atoms with Gasteiger partial charge in [0.25, 0.3) is 0 Å². The molecule has 9 heteroatoms. The zero-order valence-corrected chi connectivity index (χ0v) is 21.4. The highest BCUT2D eigenvalue weighted by molar-refractivity contribution is 5.85. The molecule has 3 heterocycles. The van der Waals surface area contributed by atoms with Crippen LogP contribution >= 0.6 is 0 Å². The van der Waals surface area contributed by atoms with Crippen LogP contribution in [-0.2, 0) is 16.1 Å². The van der Waals surface area contributed by atoms with E-state index in [1.165, 1.54) is 0 Å². The van der Waals surface area contributed by atoms with Gasteiger partial charge in [0.15, 0.2) is 0 Å². The van der Waals surface area contributed by atoms with E-state index in [0.717, 1.165) is 47.0 Å². The number of carbonyl (C=O) groups excluding carboxylic acids is 1. The molecule has 1 saturated heterocycles. The summed E-state index contributed by atoms with van der Waals surface area (Å²) in [7, 11) is 0. The van der Waals surface area contributed by atoms with E-state index in [0.29, 0.717) is 45.3 Å². The molecule has 9 nitrogen and oxygen atoms in total. The fourth-order valence-electron chi connectivity index (χ4n) is 4.45. The van der Waals surface area contributed by atoms with Crippen molar-refractivity contribution in [2.75, 3.05) is 49.7 Å². The molecule has 2 aliphatic rings. The lowest BCUT2D eigenvalue weighted by Crippen LogP contribution is -2.52. The summed E-state index contributed by atoms with van der Waals surface area (Å²) in [6.45, 7) is 8.44. The molecule has 194 valence electrons. The van der Waals surface area contributed by atoms with Crippen LogP contribution in [0, 0.1) is 0 Å². The predicted octanol–water partition coefficient (Wildman–Crippen LogP) is 3.49. The van der Waals surface area contributed by atoms with E-state index in [9.17, 15) is 4.79 Å². The normalized spacial score (nSPS) is 18.3. The van der Waals surface area contributed by atoms with Crippen molar-refractivity contribution in [1.29, 1.82) is 0 Å². The Morgan fingerprint density at radius 2 is 1.89 bits per heavy atom. The number of fused-ring (bicyclic) bond motifs is 7. The molecule has 1 aromatic heterocycles. The average Bonchev–Trinajstić information content (AvgIpc) is 2.92. The van der Waals surface area contributed by atoms with E-state index < -0.39 is 5.54 Å². The Morgan fingerprint density at radius 3 is 2.76 bits per heavy atom. The zero-order valence-electron chi connectivity index (χ0n) is 21.4. The van der Waals surface area contributed by atoms with Gasteiger partial charge in [-0.3, -0.25) is 10.1 Å². The van der Waals surface area contributed by atoms with Gasteiger partial charge in [-0.05, 0) is 62.2 Å². The monoisotopic (exact) mass is 502 g/mol. The molecule has 0 unspecified atom stereocenters. The molecule has 0 spiro atoms. The van der Waals surface area contributed by atoms with Gasteiger partial charge in [-0.25, -0.2) is 9.97 Å². The number of aromatic nitrogens is 2. The molecule has 37 heavy (non-hydrogen) atoms. The molecule has 6 bridgehead atoms. The van der Waals surface area contributed by atoms with Crippen LogP contribution in [-0.4, -0.2) is 60.9 Å². The summed E-state index contributed by atoms with van der Waals surface area (Å²) >= 11 is 0. The van der Waals surface area contributed by atoms with Crippen LogP contribution in [0.5, 0.6) is 5.75 Å². The fraction of sp³-hybridized carbons (Fsp3) is 0.393. The molecule has 0 saturated carbocycles. The summed E-state index contributed by atoms with van der Waals surface area (Å²) in [6, 6.07) is 16.0. The molecule has 1 fully saturated rings. The molecule has 0 aliphatic carbocycles. The molecule has 2 aliphatic heterocycles. The van der Waals surface area contributed by atoms with Crippen molar-refractivity contribution in [3.05, 3.63) is 60.3 Å². The highest BCUT2D eigenvalue weighted by atomic mass is 16.5. The number of nitrogens with one attached hydrogen (secondary N) is 3. The highest BCUT2D eigenvalue weighted by Crippen LogP contribution is 2.28. The number of benzene rings is 2. The first-order valence-electron chi connectivity index (χ1n) is 12.8. The lowest BCUT2D eigenvalue weighted by Gasteiger charge is -2.32. The van der Waals surface area contributed by atoms with Crippen molar-refractivity contribution in [2.45, 2.75) is 32.4 Å². The van der Waals surface area contributed by atoms with Crippen LogP contribution in [0.3, 0.4) is 0 Å². The molecule has 5 rings (SSSR count). The number of ether oxygens (including phenoxy) is 2. The second kappa shape index (κ2) is 11.1. The van der Waals surface area contributed by atoms with Crippen molar-refractivity contribution in [2.24, 2.45) is 0 Å². The first-order valence-corrected chi connectivity index (χ1v) is 12.8. The summed E-state index contributed by atoms with van der Waals surface area (Å²) < 4.78 is 11.5. The zero-order chi connectivity index (χ0) is 25.7. The van der Waals surface area contributed by atoms with Gasteiger partial charge in [-0.2, -0.15) is 0 Å². The highest BCUT2D eigenvalue weighted by Gasteiger charge is 2.27. The van der Waals surface area contributed by atoms with E-state index >= 15 is 0 Å². The summed E-state index contributed by atoms with van der Waals surface area (Å²) in [5, 5.41) is 9.87. The van der Waals surface area contributed by atoms with Crippen LogP contribution < -0.4 is 25.6 Å². The van der Waals surface area contributed by atoms with Crippen LogP contribution in [0.1, 0.15) is 25.8 Å². The van der Waals surface area contributed by atoms with Gasteiger partial charge in [0.05, 0.1) is 31.1 Å². The lowest BCUT2D eigenvalue weighted by atomic mass is 10.0. The first-order chi connectivity index (χ1) is 18.0. The van der Waals surface area contributed by atoms with Gasteiger partial charge >= 0.3 is 0 Å². The van der Waals surface area contributed by atoms with Gasteiger partial charge in [-0.1, -0.05) is 12.1 Å². The number of carbonyl (C=O) groups is 1. The Labute approximate surface area is 217 Å². The van der Waals surface area contributed by atoms with E-state index in [1.54, 1.807) is 6.20 Å². The summed E-state index contributed by atoms with van der Waals surface area (Å²) in [6.07, 6.45) is 2.46. The number of hydrogen-bond donors (Lipinski definition) is 3. The van der Waals surface area contributed by atoms with Crippen molar-refractivity contribution in [3.63, 3.8) is 0 Å². The number of amides is 1. The minimum atomic E-state index is -0.749. The topological polar surface area (TPSA) is 101 Å². The van der Waals surface area contributed by atoms with E-state index in [1.807, 2.05) is 50.2 Å². The van der Waals surface area contributed by atoms with Crippen molar-refractivity contribution in [1.82, 2.24) is 20.6 Å². The van der Waals surface area contributed by atoms with Gasteiger partial charge in [0, 0.05) is 49.3 Å². The van der Waals surface area contributed by atoms with Crippen molar-refractivity contribution >= 4 is 23.2 Å². The third-order valence-electron chi connectivity index (χ3n) is 6.64. The number of anilines is 3. The second-order valence-electron chi connectivity index (χ2n) is 9.80. The SMILES string of the molecule is CC1(C)NCc2cc(ccc2N2CCOCC2)Nc2nccc(n2)-c2cccc(c2)OCCCNC1=O. The molecule has 2 aromatic carbocycles. The molecular formula is C28H34N6O3. The predicted molar refractivity (Wildman–Crippen MR) is 144 cm³/mol. The molecular weight excluding hydrogens is 468 g/mol. The number of nitrogens with zero attached hydrogens (tertiary/aromatic N) is 3. The van der Waals surface area contributed by atoms with E-state index in [4.69, 9.17) is 14.5 Å². The van der Waals surface area contributed by atoms with Gasteiger partial charge in [0.2, 0.25) is 11.9 Å². The Bertz CT molecular complexity index is 1240. The maximum Gasteiger partial charge on any atom is 0.239 e. The van der Waals surface area contributed by atoms with Gasteiger partial charge in [-0.15, -0.1) is 0 Å². The average molecular weight is 503 g/mol. The smallest absolute Gasteiger partial charge is 0.239 e. The maximum atomic E-state index is 13.0. The lowest BCUT2D eigenvalue weighted by molar-refractivity contribution is -0.126. The quantitative estimate of drug-likeness (QED) is 0.465. The molecule has 0 radical (unpaired) electrons. The van der Waals surface area contributed by atoms with Gasteiger partial charge < -0.3 is 25.0 Å². The Hall–Kier alpha value is -3.69. The van der Waals surface area contributed by atoms with Crippen LogP contribution in [0.25, 0.3) is 11.3 Å². The molecule has 1 amide bonds.